The number of carbonyl (C=O) groups is 2. The van der Waals surface area contributed by atoms with E-state index in [1.165, 1.54) is 5.56 Å². The van der Waals surface area contributed by atoms with Crippen LogP contribution in [0.25, 0.3) is 0 Å². The molecule has 1 saturated carbocycles. The highest BCUT2D eigenvalue weighted by molar-refractivity contribution is 5.82. The lowest BCUT2D eigenvalue weighted by Gasteiger charge is -2.39. The van der Waals surface area contributed by atoms with Gasteiger partial charge in [-0.05, 0) is 54.5 Å². The maximum absolute atomic E-state index is 13.0. The van der Waals surface area contributed by atoms with Crippen LogP contribution in [0.1, 0.15) is 62.8 Å². The molecule has 2 aromatic rings. The fourth-order valence-electron chi connectivity index (χ4n) is 4.24. The summed E-state index contributed by atoms with van der Waals surface area (Å²) in [5, 5.41) is 3.04. The first-order valence-electron chi connectivity index (χ1n) is 11.4. The molecule has 1 fully saturated rings. The van der Waals surface area contributed by atoms with Gasteiger partial charge in [-0.2, -0.15) is 0 Å². The number of benzene rings is 2. The molecule has 5 nitrogen and oxygen atoms in total. The molecule has 164 valence electrons. The van der Waals surface area contributed by atoms with Crippen LogP contribution in [0.3, 0.4) is 0 Å². The van der Waals surface area contributed by atoms with Crippen molar-refractivity contribution in [3.63, 3.8) is 0 Å². The summed E-state index contributed by atoms with van der Waals surface area (Å²) in [6.07, 6.45) is 3.02. The number of ether oxygens (including phenoxy) is 1. The Morgan fingerprint density at radius 1 is 1.13 bits per heavy atom. The van der Waals surface area contributed by atoms with Gasteiger partial charge in [0.05, 0.1) is 6.04 Å². The van der Waals surface area contributed by atoms with Gasteiger partial charge in [-0.1, -0.05) is 57.2 Å². The SMILES string of the molecule is CC[C@@H](Oc1ccc2c(c1)[C@@H](c1ccccc1)N(C(=O)C(C)C)CC2)C(=O)NC1CC1. The Labute approximate surface area is 184 Å². The van der Waals surface area contributed by atoms with E-state index < -0.39 is 6.10 Å². The van der Waals surface area contributed by atoms with Gasteiger partial charge in [0.1, 0.15) is 5.75 Å². The van der Waals surface area contributed by atoms with Crippen LogP contribution in [0.2, 0.25) is 0 Å². The van der Waals surface area contributed by atoms with Gasteiger partial charge in [0, 0.05) is 18.5 Å². The molecular weight excluding hydrogens is 388 g/mol. The zero-order valence-electron chi connectivity index (χ0n) is 18.6. The molecule has 1 heterocycles. The number of nitrogens with one attached hydrogen (secondary N) is 1. The maximum Gasteiger partial charge on any atom is 0.261 e. The van der Waals surface area contributed by atoms with Crippen LogP contribution in [0, 0.1) is 5.92 Å². The minimum atomic E-state index is -0.509. The third-order valence-electron chi connectivity index (χ3n) is 6.10. The first kappa shape index (κ1) is 21.4. The molecule has 1 aliphatic heterocycles. The van der Waals surface area contributed by atoms with Crippen molar-refractivity contribution < 1.29 is 14.3 Å². The summed E-state index contributed by atoms with van der Waals surface area (Å²) < 4.78 is 6.13. The molecule has 5 heteroatoms. The standard InChI is InChI=1S/C26H32N2O3/c1-4-23(25(29)27-20-11-12-20)31-21-13-10-18-14-15-28(26(30)17(2)3)24(22(18)16-21)19-8-6-5-7-9-19/h5-10,13,16-17,20,23-24H,4,11-12,14-15H2,1-3H3,(H,27,29)/t23-,24-/m1/s1. The van der Waals surface area contributed by atoms with Crippen molar-refractivity contribution >= 4 is 11.8 Å². The third kappa shape index (κ3) is 4.76. The van der Waals surface area contributed by atoms with E-state index in [4.69, 9.17) is 4.74 Å². The Morgan fingerprint density at radius 2 is 1.87 bits per heavy atom. The van der Waals surface area contributed by atoms with Crippen LogP contribution in [0.15, 0.2) is 48.5 Å². The quantitative estimate of drug-likeness (QED) is 0.728. The summed E-state index contributed by atoms with van der Waals surface area (Å²) in [4.78, 5) is 27.6. The normalized spacial score (nSPS) is 19.0. The molecule has 0 saturated heterocycles. The average molecular weight is 421 g/mol. The lowest BCUT2D eigenvalue weighted by molar-refractivity contribution is -0.136. The van der Waals surface area contributed by atoms with E-state index in [-0.39, 0.29) is 23.8 Å². The van der Waals surface area contributed by atoms with E-state index in [0.717, 1.165) is 30.4 Å². The molecule has 1 N–H and O–H groups in total. The molecule has 4 rings (SSSR count). The monoisotopic (exact) mass is 420 g/mol. The fourth-order valence-corrected chi connectivity index (χ4v) is 4.24. The summed E-state index contributed by atoms with van der Waals surface area (Å²) in [7, 11) is 0. The molecule has 0 unspecified atom stereocenters. The number of fused-ring (bicyclic) bond motifs is 1. The van der Waals surface area contributed by atoms with Crippen molar-refractivity contribution in [1.29, 1.82) is 0 Å². The highest BCUT2D eigenvalue weighted by Gasteiger charge is 2.34. The Kier molecular flexibility index (Phi) is 6.30. The molecule has 2 aliphatic rings. The summed E-state index contributed by atoms with van der Waals surface area (Å²) in [5.74, 6) is 0.721. The molecule has 31 heavy (non-hydrogen) atoms. The smallest absolute Gasteiger partial charge is 0.261 e. The molecule has 0 bridgehead atoms. The number of rotatable bonds is 7. The number of amides is 2. The van der Waals surface area contributed by atoms with Gasteiger partial charge in [-0.15, -0.1) is 0 Å². The average Bonchev–Trinajstić information content (AvgIpc) is 3.60. The maximum atomic E-state index is 13.0. The molecular formula is C26H32N2O3. The number of carbonyl (C=O) groups excluding carboxylic acids is 2. The largest absolute Gasteiger partial charge is 0.481 e. The molecule has 1 aliphatic carbocycles. The van der Waals surface area contributed by atoms with Gasteiger partial charge in [0.15, 0.2) is 6.10 Å². The van der Waals surface area contributed by atoms with E-state index in [2.05, 4.69) is 23.5 Å². The predicted octanol–water partition coefficient (Wildman–Crippen LogP) is 4.25. The second kappa shape index (κ2) is 9.13. The molecule has 2 aromatic carbocycles. The van der Waals surface area contributed by atoms with E-state index in [1.807, 2.05) is 56.0 Å². The Hall–Kier alpha value is -2.82. The van der Waals surface area contributed by atoms with Crippen molar-refractivity contribution in [1.82, 2.24) is 10.2 Å². The third-order valence-corrected chi connectivity index (χ3v) is 6.10. The van der Waals surface area contributed by atoms with Crippen LogP contribution < -0.4 is 10.1 Å². The van der Waals surface area contributed by atoms with Crippen LogP contribution >= 0.6 is 0 Å². The highest BCUT2D eigenvalue weighted by Crippen LogP contribution is 2.38. The van der Waals surface area contributed by atoms with Gasteiger partial charge in [-0.25, -0.2) is 0 Å². The van der Waals surface area contributed by atoms with E-state index in [9.17, 15) is 9.59 Å². The topological polar surface area (TPSA) is 58.6 Å². The number of hydrogen-bond acceptors (Lipinski definition) is 3. The predicted molar refractivity (Wildman–Crippen MR) is 121 cm³/mol. The second-order valence-electron chi connectivity index (χ2n) is 8.91. The van der Waals surface area contributed by atoms with Gasteiger partial charge in [0.25, 0.3) is 5.91 Å². The minimum Gasteiger partial charge on any atom is -0.481 e. The Morgan fingerprint density at radius 3 is 2.52 bits per heavy atom. The highest BCUT2D eigenvalue weighted by atomic mass is 16.5. The summed E-state index contributed by atoms with van der Waals surface area (Å²) in [5.41, 5.74) is 3.40. The Bertz CT molecular complexity index is 937. The van der Waals surface area contributed by atoms with Crippen molar-refractivity contribution in [3.05, 3.63) is 65.2 Å². The van der Waals surface area contributed by atoms with Crippen molar-refractivity contribution in [2.24, 2.45) is 5.92 Å². The van der Waals surface area contributed by atoms with E-state index >= 15 is 0 Å². The van der Waals surface area contributed by atoms with Gasteiger partial charge >= 0.3 is 0 Å². The first-order valence-corrected chi connectivity index (χ1v) is 11.4. The molecule has 0 spiro atoms. The van der Waals surface area contributed by atoms with Crippen LogP contribution in [0.4, 0.5) is 0 Å². The summed E-state index contributed by atoms with van der Waals surface area (Å²) in [6, 6.07) is 16.4. The number of hydrogen-bond donors (Lipinski definition) is 1. The van der Waals surface area contributed by atoms with Gasteiger partial charge in [-0.3, -0.25) is 9.59 Å². The zero-order chi connectivity index (χ0) is 22.0. The van der Waals surface area contributed by atoms with Crippen LogP contribution in [-0.4, -0.2) is 35.4 Å². The molecule has 2 amide bonds. The first-order chi connectivity index (χ1) is 15.0. The lowest BCUT2D eigenvalue weighted by atomic mass is 9.87. The zero-order valence-corrected chi connectivity index (χ0v) is 18.6. The van der Waals surface area contributed by atoms with Crippen molar-refractivity contribution in [3.8, 4) is 5.75 Å². The minimum absolute atomic E-state index is 0.0426. The van der Waals surface area contributed by atoms with E-state index in [1.54, 1.807) is 0 Å². The van der Waals surface area contributed by atoms with Crippen LogP contribution in [0.5, 0.6) is 5.75 Å². The summed E-state index contributed by atoms with van der Waals surface area (Å²) >= 11 is 0. The molecule has 2 atom stereocenters. The fraction of sp³-hybridized carbons (Fsp3) is 0.462. The number of nitrogens with zero attached hydrogens (tertiary/aromatic N) is 1. The van der Waals surface area contributed by atoms with Gasteiger partial charge < -0.3 is 15.0 Å². The van der Waals surface area contributed by atoms with Crippen molar-refractivity contribution in [2.75, 3.05) is 6.54 Å². The van der Waals surface area contributed by atoms with Crippen LogP contribution in [-0.2, 0) is 16.0 Å². The van der Waals surface area contributed by atoms with Gasteiger partial charge in [0.2, 0.25) is 5.91 Å². The second-order valence-corrected chi connectivity index (χ2v) is 8.91. The Balaban J connectivity index is 1.65. The molecule has 0 radical (unpaired) electrons. The molecule has 0 aromatic heterocycles. The lowest BCUT2D eigenvalue weighted by Crippen LogP contribution is -2.42. The van der Waals surface area contributed by atoms with Crippen molar-refractivity contribution in [2.45, 2.75) is 64.6 Å². The van der Waals surface area contributed by atoms with E-state index in [0.29, 0.717) is 24.8 Å². The summed E-state index contributed by atoms with van der Waals surface area (Å²) in [6.45, 7) is 6.56.